The second-order valence-electron chi connectivity index (χ2n) is 5.24. The fourth-order valence-corrected chi connectivity index (χ4v) is 2.95. The molecule has 0 aliphatic heterocycles. The van der Waals surface area contributed by atoms with Gasteiger partial charge in [-0.15, -0.1) is 11.3 Å². The van der Waals surface area contributed by atoms with Gasteiger partial charge in [-0.3, -0.25) is 9.69 Å². The Bertz CT molecular complexity index is 603. The van der Waals surface area contributed by atoms with Gasteiger partial charge in [0.25, 0.3) is 0 Å². The number of rotatable bonds is 7. The summed E-state index contributed by atoms with van der Waals surface area (Å²) in [5.41, 5.74) is 0.887. The van der Waals surface area contributed by atoms with Crippen LogP contribution in [-0.4, -0.2) is 47.4 Å². The van der Waals surface area contributed by atoms with Crippen LogP contribution in [0.1, 0.15) is 25.3 Å². The third-order valence-electron chi connectivity index (χ3n) is 3.57. The van der Waals surface area contributed by atoms with Crippen LogP contribution in [0.4, 0.5) is 0 Å². The minimum Gasteiger partial charge on any atom is -0.440 e. The molecule has 2 aromatic rings. The molecular formula is C16H23N3O2S. The topological polar surface area (TPSA) is 49.6 Å². The number of carbonyl (C=O) groups excluding carboxylic acids is 1. The van der Waals surface area contributed by atoms with Gasteiger partial charge in [0.1, 0.15) is 5.76 Å². The summed E-state index contributed by atoms with van der Waals surface area (Å²) in [6, 6.07) is 3.97. The van der Waals surface area contributed by atoms with E-state index in [0.717, 1.165) is 29.4 Å². The monoisotopic (exact) mass is 321 g/mol. The van der Waals surface area contributed by atoms with Crippen molar-refractivity contribution in [3.63, 3.8) is 0 Å². The molecule has 120 valence electrons. The summed E-state index contributed by atoms with van der Waals surface area (Å²) in [6.07, 6.45) is 0. The van der Waals surface area contributed by atoms with Crippen molar-refractivity contribution in [2.24, 2.45) is 0 Å². The van der Waals surface area contributed by atoms with E-state index in [0.29, 0.717) is 19.0 Å². The van der Waals surface area contributed by atoms with Gasteiger partial charge in [-0.25, -0.2) is 4.98 Å². The Labute approximate surface area is 135 Å². The van der Waals surface area contributed by atoms with Crippen molar-refractivity contribution >= 4 is 17.2 Å². The first-order chi connectivity index (χ1) is 10.5. The highest BCUT2D eigenvalue weighted by Gasteiger charge is 2.17. The van der Waals surface area contributed by atoms with Gasteiger partial charge in [0.15, 0.2) is 0 Å². The molecule has 5 nitrogen and oxygen atoms in total. The van der Waals surface area contributed by atoms with Gasteiger partial charge in [-0.05, 0) is 39.3 Å². The molecule has 0 aliphatic rings. The summed E-state index contributed by atoms with van der Waals surface area (Å²) >= 11 is 1.61. The molecule has 0 N–H and O–H groups in total. The van der Waals surface area contributed by atoms with E-state index in [9.17, 15) is 4.79 Å². The highest BCUT2D eigenvalue weighted by Crippen LogP contribution is 2.26. The molecule has 0 aliphatic carbocycles. The molecule has 6 heteroatoms. The number of oxazole rings is 1. The zero-order valence-corrected chi connectivity index (χ0v) is 14.4. The fraction of sp³-hybridized carbons (Fsp3) is 0.500. The van der Waals surface area contributed by atoms with Crippen LogP contribution in [0, 0.1) is 6.92 Å². The van der Waals surface area contributed by atoms with E-state index >= 15 is 0 Å². The van der Waals surface area contributed by atoms with Crippen LogP contribution >= 0.6 is 11.3 Å². The standard InChI is InChI=1S/C16H23N3O2S/c1-5-19(6-2)15(20)11-18(4)10-13-12(3)21-16(17-13)14-8-7-9-22-14/h7-9H,5-6,10-11H2,1-4H3. The molecule has 0 unspecified atom stereocenters. The smallest absolute Gasteiger partial charge is 0.236 e. The van der Waals surface area contributed by atoms with Crippen molar-refractivity contribution in [3.05, 3.63) is 29.0 Å². The normalized spacial score (nSPS) is 11.1. The summed E-state index contributed by atoms with van der Waals surface area (Å²) in [7, 11) is 1.93. The lowest BCUT2D eigenvalue weighted by Gasteiger charge is -2.22. The highest BCUT2D eigenvalue weighted by atomic mass is 32.1. The number of hydrogen-bond donors (Lipinski definition) is 0. The van der Waals surface area contributed by atoms with Gasteiger partial charge in [0.2, 0.25) is 11.8 Å². The minimum atomic E-state index is 0.145. The van der Waals surface area contributed by atoms with Crippen molar-refractivity contribution in [1.82, 2.24) is 14.8 Å². The van der Waals surface area contributed by atoms with Gasteiger partial charge in [0.05, 0.1) is 17.1 Å². The lowest BCUT2D eigenvalue weighted by molar-refractivity contribution is -0.131. The number of aromatic nitrogens is 1. The van der Waals surface area contributed by atoms with E-state index in [2.05, 4.69) is 4.98 Å². The molecule has 2 aromatic heterocycles. The number of thiophene rings is 1. The first-order valence-electron chi connectivity index (χ1n) is 7.51. The lowest BCUT2D eigenvalue weighted by Crippen LogP contribution is -2.38. The second-order valence-corrected chi connectivity index (χ2v) is 6.19. The van der Waals surface area contributed by atoms with Crippen LogP contribution in [0.3, 0.4) is 0 Å². The quantitative estimate of drug-likeness (QED) is 0.786. The van der Waals surface area contributed by atoms with E-state index in [1.165, 1.54) is 0 Å². The fourth-order valence-electron chi connectivity index (χ4n) is 2.30. The molecule has 0 aromatic carbocycles. The van der Waals surface area contributed by atoms with Crippen molar-refractivity contribution in [2.45, 2.75) is 27.3 Å². The van der Waals surface area contributed by atoms with Crippen LogP contribution < -0.4 is 0 Å². The number of hydrogen-bond acceptors (Lipinski definition) is 5. The molecule has 0 saturated carbocycles. The van der Waals surface area contributed by atoms with Gasteiger partial charge >= 0.3 is 0 Å². The van der Waals surface area contributed by atoms with Crippen molar-refractivity contribution in [1.29, 1.82) is 0 Å². The van der Waals surface area contributed by atoms with Gasteiger partial charge in [-0.1, -0.05) is 6.07 Å². The molecular weight excluding hydrogens is 298 g/mol. The van der Waals surface area contributed by atoms with Crippen LogP contribution in [0.2, 0.25) is 0 Å². The third-order valence-corrected chi connectivity index (χ3v) is 4.42. The molecule has 2 rings (SSSR count). The molecule has 0 bridgehead atoms. The second kappa shape index (κ2) is 7.56. The zero-order valence-electron chi connectivity index (χ0n) is 13.6. The summed E-state index contributed by atoms with van der Waals surface area (Å²) in [6.45, 7) is 8.39. The van der Waals surface area contributed by atoms with Gasteiger partial charge < -0.3 is 9.32 Å². The highest BCUT2D eigenvalue weighted by molar-refractivity contribution is 7.13. The Hall–Kier alpha value is -1.66. The maximum atomic E-state index is 12.1. The van der Waals surface area contributed by atoms with Gasteiger partial charge in [-0.2, -0.15) is 0 Å². The van der Waals surface area contributed by atoms with Crippen molar-refractivity contribution < 1.29 is 9.21 Å². The summed E-state index contributed by atoms with van der Waals surface area (Å²) in [5.74, 6) is 1.61. The number of aryl methyl sites for hydroxylation is 1. The first kappa shape index (κ1) is 16.7. The van der Waals surface area contributed by atoms with Crippen molar-refractivity contribution in [2.75, 3.05) is 26.7 Å². The molecule has 0 radical (unpaired) electrons. The van der Waals surface area contributed by atoms with Crippen LogP contribution in [0.15, 0.2) is 21.9 Å². The first-order valence-corrected chi connectivity index (χ1v) is 8.39. The van der Waals surface area contributed by atoms with E-state index in [-0.39, 0.29) is 5.91 Å². The zero-order chi connectivity index (χ0) is 16.1. The predicted molar refractivity (Wildman–Crippen MR) is 88.8 cm³/mol. The van der Waals surface area contributed by atoms with Crippen molar-refractivity contribution in [3.8, 4) is 10.8 Å². The average Bonchev–Trinajstić information content (AvgIpc) is 3.10. The summed E-state index contributed by atoms with van der Waals surface area (Å²) in [4.78, 5) is 21.5. The maximum absolute atomic E-state index is 12.1. The van der Waals surface area contributed by atoms with Crippen LogP contribution in [0.5, 0.6) is 0 Å². The number of amides is 1. The van der Waals surface area contributed by atoms with Gasteiger partial charge in [0, 0.05) is 19.6 Å². The predicted octanol–water partition coefficient (Wildman–Crippen LogP) is 3.01. The van der Waals surface area contributed by atoms with Crippen LogP contribution in [-0.2, 0) is 11.3 Å². The van der Waals surface area contributed by atoms with Crippen LogP contribution in [0.25, 0.3) is 10.8 Å². The van der Waals surface area contributed by atoms with E-state index < -0.39 is 0 Å². The SMILES string of the molecule is CCN(CC)C(=O)CN(C)Cc1nc(-c2cccs2)oc1C. The Morgan fingerprint density at radius 2 is 2.09 bits per heavy atom. The Kier molecular flexibility index (Phi) is 5.74. The van der Waals surface area contributed by atoms with E-state index in [1.54, 1.807) is 11.3 Å². The summed E-state index contributed by atoms with van der Waals surface area (Å²) in [5, 5.41) is 2.00. The molecule has 22 heavy (non-hydrogen) atoms. The number of nitrogens with zero attached hydrogens (tertiary/aromatic N) is 3. The maximum Gasteiger partial charge on any atom is 0.236 e. The average molecular weight is 321 g/mol. The molecule has 0 fully saturated rings. The van der Waals surface area contributed by atoms with E-state index in [1.807, 2.05) is 55.1 Å². The Morgan fingerprint density at radius 3 is 2.68 bits per heavy atom. The molecule has 1 amide bonds. The molecule has 2 heterocycles. The number of likely N-dealkylation sites (N-methyl/N-ethyl adjacent to an activating group) is 2. The molecule has 0 spiro atoms. The van der Waals surface area contributed by atoms with E-state index in [4.69, 9.17) is 4.42 Å². The Balaban J connectivity index is 2.00. The summed E-state index contributed by atoms with van der Waals surface area (Å²) < 4.78 is 5.73. The number of carbonyl (C=O) groups is 1. The minimum absolute atomic E-state index is 0.145. The lowest BCUT2D eigenvalue weighted by atomic mass is 10.3. The molecule has 0 saturated heterocycles. The largest absolute Gasteiger partial charge is 0.440 e. The Morgan fingerprint density at radius 1 is 1.36 bits per heavy atom. The third kappa shape index (κ3) is 3.96. The molecule has 0 atom stereocenters.